The molecule has 0 aromatic heterocycles. The Kier molecular flexibility index (Phi) is 14.0. The van der Waals surface area contributed by atoms with Crippen LogP contribution in [-0.4, -0.2) is 62.6 Å². The first-order valence-corrected chi connectivity index (χ1v) is 20.0. The van der Waals surface area contributed by atoms with Crippen molar-refractivity contribution < 1.29 is 18.1 Å². The van der Waals surface area contributed by atoms with Crippen molar-refractivity contribution in [2.45, 2.75) is 66.9 Å². The maximum atomic E-state index is 13.3. The molecule has 1 unspecified atom stereocenters. The Hall–Kier alpha value is -4.49. The van der Waals surface area contributed by atoms with Crippen LogP contribution in [-0.2, 0) is 16.6 Å². The number of sulfonamides is 1. The van der Waals surface area contributed by atoms with Gasteiger partial charge in [0.1, 0.15) is 5.69 Å². The summed E-state index contributed by atoms with van der Waals surface area (Å²) in [5.41, 5.74) is 3.57. The number of benzene rings is 4. The van der Waals surface area contributed by atoms with E-state index in [9.17, 15) is 23.3 Å². The lowest BCUT2D eigenvalue weighted by atomic mass is 10.0. The highest BCUT2D eigenvalue weighted by Gasteiger charge is 2.25. The fourth-order valence-corrected chi connectivity index (χ4v) is 8.10. The molecule has 1 amide bonds. The monoisotopic (exact) mass is 741 g/mol. The molecule has 0 aliphatic heterocycles. The highest BCUT2D eigenvalue weighted by molar-refractivity contribution is 7.99. The van der Waals surface area contributed by atoms with Gasteiger partial charge in [0.25, 0.3) is 21.6 Å². The van der Waals surface area contributed by atoms with Crippen molar-refractivity contribution in [3.8, 4) is 0 Å². The summed E-state index contributed by atoms with van der Waals surface area (Å²) in [5.74, 6) is -0.165. The fourth-order valence-electron chi connectivity index (χ4n) is 6.11. The van der Waals surface area contributed by atoms with Crippen LogP contribution in [0.1, 0.15) is 60.0 Å². The Morgan fingerprint density at radius 2 is 1.67 bits per heavy atom. The van der Waals surface area contributed by atoms with Gasteiger partial charge in [-0.25, -0.2) is 13.1 Å². The summed E-state index contributed by atoms with van der Waals surface area (Å²) in [7, 11) is -0.479. The molecule has 0 spiro atoms. The average Bonchev–Trinajstić information content (AvgIpc) is 3.37. The number of nitrogens with zero attached hydrogens (tertiary/aromatic N) is 2. The Labute approximate surface area is 311 Å². The van der Waals surface area contributed by atoms with Crippen LogP contribution in [0, 0.1) is 10.1 Å². The lowest BCUT2D eigenvalue weighted by Gasteiger charge is -2.22. The molecule has 1 fully saturated rings. The minimum Gasteiger partial charge on any atom is -0.376 e. The Bertz CT molecular complexity index is 1920. The minimum absolute atomic E-state index is 0.131. The van der Waals surface area contributed by atoms with Crippen molar-refractivity contribution in [3.63, 3.8) is 0 Å². The topological polar surface area (TPSA) is 134 Å². The highest BCUT2D eigenvalue weighted by Crippen LogP contribution is 2.30. The number of nitro groups is 1. The molecule has 274 valence electrons. The summed E-state index contributed by atoms with van der Waals surface area (Å²) in [6.07, 6.45) is 8.12. The van der Waals surface area contributed by atoms with Gasteiger partial charge in [-0.3, -0.25) is 14.9 Å². The third-order valence-corrected chi connectivity index (χ3v) is 11.5. The zero-order chi connectivity index (χ0) is 36.9. The van der Waals surface area contributed by atoms with Crippen molar-refractivity contribution in [3.05, 3.63) is 136 Å². The second kappa shape index (κ2) is 18.8. The first kappa shape index (κ1) is 38.7. The molecule has 0 heterocycles. The molecule has 12 heteroatoms. The van der Waals surface area contributed by atoms with Crippen LogP contribution in [0.2, 0.25) is 0 Å². The normalized spacial score (nSPS) is 16.3. The predicted octanol–water partition coefficient (Wildman–Crippen LogP) is 7.74. The minimum atomic E-state index is -4.40. The first-order chi connectivity index (χ1) is 25.1. The van der Waals surface area contributed by atoms with Crippen LogP contribution in [0.25, 0.3) is 6.08 Å². The van der Waals surface area contributed by atoms with E-state index < -0.39 is 20.9 Å². The van der Waals surface area contributed by atoms with Gasteiger partial charge in [0, 0.05) is 40.9 Å². The number of nitro benzene ring substituents is 1. The molecule has 0 saturated heterocycles. The number of hydrogen-bond acceptors (Lipinski definition) is 9. The van der Waals surface area contributed by atoms with Crippen molar-refractivity contribution in [1.29, 1.82) is 0 Å². The molecule has 0 radical (unpaired) electrons. The van der Waals surface area contributed by atoms with Gasteiger partial charge in [-0.1, -0.05) is 72.3 Å². The molecular formula is C40H47N5O5S2. The standard InChI is InChI=1S/C40H47N5O5S2/c1-44(2)25-24-35(29-51-36-14-7-4-8-15-36)42-38-23-22-37(27-39(38)45(47)48)52(49,50)43-40(46)33-19-16-31(17-20-33)26-30-12-9-13-34(21-18-30)41-28-32-10-5-3-6-11-32/h3-8,10-11,14-17,19-20,22-23,26-27,34-35,41-42H,9,12-13,18,21,24-25,28-29H2,1-2H3,(H,43,46)/b30-26-/t34?,35-/m1/s1. The van der Waals surface area contributed by atoms with Gasteiger partial charge in [-0.2, -0.15) is 0 Å². The van der Waals surface area contributed by atoms with E-state index in [2.05, 4.69) is 45.7 Å². The maximum Gasteiger partial charge on any atom is 0.293 e. The van der Waals surface area contributed by atoms with Crippen LogP contribution < -0.4 is 15.4 Å². The Morgan fingerprint density at radius 1 is 0.962 bits per heavy atom. The molecule has 1 aliphatic carbocycles. The number of carbonyl (C=O) groups excluding carboxylic acids is 1. The van der Waals surface area contributed by atoms with E-state index in [4.69, 9.17) is 0 Å². The average molecular weight is 742 g/mol. The maximum absolute atomic E-state index is 13.3. The molecular weight excluding hydrogens is 695 g/mol. The van der Waals surface area contributed by atoms with Gasteiger partial charge in [-0.15, -0.1) is 11.8 Å². The van der Waals surface area contributed by atoms with Crippen molar-refractivity contribution in [2.75, 3.05) is 31.7 Å². The lowest BCUT2D eigenvalue weighted by Crippen LogP contribution is -2.31. The second-order valence-electron chi connectivity index (χ2n) is 13.3. The van der Waals surface area contributed by atoms with E-state index in [0.29, 0.717) is 18.2 Å². The highest BCUT2D eigenvalue weighted by atomic mass is 32.2. The molecule has 0 bridgehead atoms. The van der Waals surface area contributed by atoms with Crippen molar-refractivity contribution in [1.82, 2.24) is 14.9 Å². The summed E-state index contributed by atoms with van der Waals surface area (Å²) in [6, 6.07) is 31.1. The molecule has 52 heavy (non-hydrogen) atoms. The molecule has 5 rings (SSSR count). The number of carbonyl (C=O) groups is 1. The molecule has 4 aromatic carbocycles. The van der Waals surface area contributed by atoms with Crippen molar-refractivity contribution >= 4 is 45.1 Å². The molecule has 1 aliphatic rings. The number of thioether (sulfide) groups is 1. The zero-order valence-corrected chi connectivity index (χ0v) is 31.3. The van der Waals surface area contributed by atoms with Gasteiger partial charge in [0.15, 0.2) is 0 Å². The lowest BCUT2D eigenvalue weighted by molar-refractivity contribution is -0.384. The van der Waals surface area contributed by atoms with E-state index in [1.54, 1.807) is 36.0 Å². The molecule has 10 nitrogen and oxygen atoms in total. The summed E-state index contributed by atoms with van der Waals surface area (Å²) in [5, 5.41) is 19.1. The van der Waals surface area contributed by atoms with Crippen LogP contribution in [0.5, 0.6) is 0 Å². The first-order valence-electron chi connectivity index (χ1n) is 17.6. The van der Waals surface area contributed by atoms with E-state index >= 15 is 0 Å². The third kappa shape index (κ3) is 11.8. The Balaban J connectivity index is 1.20. The van der Waals surface area contributed by atoms with E-state index in [-0.39, 0.29) is 27.9 Å². The predicted molar refractivity (Wildman–Crippen MR) is 210 cm³/mol. The summed E-state index contributed by atoms with van der Waals surface area (Å²) >= 11 is 1.64. The number of amides is 1. The van der Waals surface area contributed by atoms with Crippen LogP contribution in [0.4, 0.5) is 11.4 Å². The molecule has 4 aromatic rings. The molecule has 2 atom stereocenters. The zero-order valence-electron chi connectivity index (χ0n) is 29.7. The summed E-state index contributed by atoms with van der Waals surface area (Å²) in [4.78, 5) is 27.3. The number of hydrogen-bond donors (Lipinski definition) is 3. The van der Waals surface area contributed by atoms with Gasteiger partial charge >= 0.3 is 0 Å². The fraction of sp³-hybridized carbons (Fsp3) is 0.325. The van der Waals surface area contributed by atoms with Gasteiger partial charge in [0.2, 0.25) is 0 Å². The summed E-state index contributed by atoms with van der Waals surface area (Å²) in [6.45, 7) is 1.61. The summed E-state index contributed by atoms with van der Waals surface area (Å²) < 4.78 is 28.6. The quantitative estimate of drug-likeness (QED) is 0.0456. The van der Waals surface area contributed by atoms with Crippen molar-refractivity contribution in [2.24, 2.45) is 0 Å². The number of anilines is 1. The van der Waals surface area contributed by atoms with Crippen LogP contribution >= 0.6 is 11.8 Å². The largest absolute Gasteiger partial charge is 0.376 e. The Morgan fingerprint density at radius 3 is 2.37 bits per heavy atom. The number of allylic oxidation sites excluding steroid dienone is 1. The number of rotatable bonds is 16. The van der Waals surface area contributed by atoms with E-state index in [1.165, 1.54) is 23.3 Å². The van der Waals surface area contributed by atoms with Gasteiger partial charge < -0.3 is 15.5 Å². The van der Waals surface area contributed by atoms with Crippen LogP contribution in [0.15, 0.2) is 118 Å². The van der Waals surface area contributed by atoms with Gasteiger partial charge in [-0.05, 0) is 107 Å². The van der Waals surface area contributed by atoms with E-state index in [1.807, 2.05) is 55.4 Å². The number of nitrogens with one attached hydrogen (secondary N) is 3. The van der Waals surface area contributed by atoms with Gasteiger partial charge in [0.05, 0.1) is 9.82 Å². The molecule has 1 saturated carbocycles. The van der Waals surface area contributed by atoms with Crippen LogP contribution in [0.3, 0.4) is 0 Å². The smallest absolute Gasteiger partial charge is 0.293 e. The third-order valence-electron chi connectivity index (χ3n) is 9.03. The molecule has 3 N–H and O–H groups in total. The SMILES string of the molecule is CN(C)CC[C@H](CSc1ccccc1)Nc1ccc(S(=O)(=O)NC(=O)c2ccc(/C=C3/CCCC(NCc4ccccc4)CC3)cc2)cc1[N+](=O)[O-]. The second-order valence-corrected chi connectivity index (χ2v) is 16.1. The van der Waals surface area contributed by atoms with E-state index in [0.717, 1.165) is 61.7 Å².